The summed E-state index contributed by atoms with van der Waals surface area (Å²) in [5.41, 5.74) is 0.0831. The number of Topliss-reactive ketones (excluding diaryl/α,β-unsaturated/α-hetero) is 1. The van der Waals surface area contributed by atoms with Gasteiger partial charge in [0, 0.05) is 16.7 Å². The number of benzene rings is 3. The normalized spacial score (nSPS) is 13.3. The van der Waals surface area contributed by atoms with Crippen molar-refractivity contribution in [3.05, 3.63) is 76.9 Å². The van der Waals surface area contributed by atoms with E-state index in [1.54, 1.807) is 6.07 Å². The van der Waals surface area contributed by atoms with Crippen LogP contribution in [0.15, 0.2) is 64.4 Å². The van der Waals surface area contributed by atoms with Gasteiger partial charge in [0.2, 0.25) is 21.4 Å². The number of hydrogen-bond donors (Lipinski definition) is 0. The molecular formula is C25H20O9S. The molecule has 0 fully saturated rings. The van der Waals surface area contributed by atoms with E-state index < -0.39 is 34.0 Å². The molecule has 180 valence electrons. The van der Waals surface area contributed by atoms with Crippen LogP contribution in [-0.4, -0.2) is 53.9 Å². The zero-order chi connectivity index (χ0) is 25.3. The number of ether oxygens (including phenoxy) is 4. The van der Waals surface area contributed by atoms with Crippen molar-refractivity contribution in [1.82, 2.24) is 0 Å². The summed E-state index contributed by atoms with van der Waals surface area (Å²) in [6.45, 7) is -0.622. The molecule has 0 N–H and O–H groups in total. The first-order chi connectivity index (χ1) is 16.7. The largest absolute Gasteiger partial charge is 0.493 e. The summed E-state index contributed by atoms with van der Waals surface area (Å²) in [4.78, 5) is 37.6. The monoisotopic (exact) mass is 496 g/mol. The number of carbonyl (C=O) groups is 3. The van der Waals surface area contributed by atoms with Gasteiger partial charge in [-0.25, -0.2) is 13.2 Å². The molecule has 3 aromatic carbocycles. The topological polar surface area (TPSA) is 122 Å². The van der Waals surface area contributed by atoms with E-state index in [1.165, 1.54) is 63.8 Å². The third-order valence-corrected chi connectivity index (χ3v) is 7.35. The first kappa shape index (κ1) is 24.0. The minimum atomic E-state index is -4.02. The molecule has 0 aromatic heterocycles. The highest BCUT2D eigenvalue weighted by Crippen LogP contribution is 2.38. The molecule has 0 bridgehead atoms. The van der Waals surface area contributed by atoms with Crippen LogP contribution >= 0.6 is 0 Å². The highest BCUT2D eigenvalue weighted by Gasteiger charge is 2.35. The molecule has 9 nitrogen and oxygen atoms in total. The predicted octanol–water partition coefficient (Wildman–Crippen LogP) is 3.13. The number of fused-ring (bicyclic) bond motifs is 2. The lowest BCUT2D eigenvalue weighted by Gasteiger charge is -2.19. The smallest absolute Gasteiger partial charge is 0.338 e. The average Bonchev–Trinajstić information content (AvgIpc) is 2.89. The number of carbonyl (C=O) groups excluding carboxylic acids is 3. The minimum absolute atomic E-state index is 0.0336. The van der Waals surface area contributed by atoms with Gasteiger partial charge in [0.1, 0.15) is 0 Å². The molecule has 0 unspecified atom stereocenters. The third-order valence-electron chi connectivity index (χ3n) is 5.49. The Morgan fingerprint density at radius 1 is 0.771 bits per heavy atom. The van der Waals surface area contributed by atoms with E-state index in [9.17, 15) is 22.8 Å². The van der Waals surface area contributed by atoms with Gasteiger partial charge in [0.05, 0.1) is 36.7 Å². The van der Waals surface area contributed by atoms with Gasteiger partial charge in [-0.2, -0.15) is 0 Å². The maximum absolute atomic E-state index is 13.0. The highest BCUT2D eigenvalue weighted by molar-refractivity contribution is 7.91. The SMILES string of the molecule is COc1cc(C(=O)COC(=O)c2ccc3c(c2)S(=O)(=O)c2ccccc2C3=O)cc(OC)c1OC. The van der Waals surface area contributed by atoms with Gasteiger partial charge >= 0.3 is 5.97 Å². The van der Waals surface area contributed by atoms with Gasteiger partial charge in [0.15, 0.2) is 23.9 Å². The summed E-state index contributed by atoms with van der Waals surface area (Å²) in [5.74, 6) is -1.11. The number of sulfone groups is 1. The average molecular weight is 496 g/mol. The van der Waals surface area contributed by atoms with E-state index in [2.05, 4.69) is 0 Å². The number of rotatable bonds is 7. The molecule has 0 atom stereocenters. The second kappa shape index (κ2) is 9.22. The first-order valence-electron chi connectivity index (χ1n) is 10.3. The van der Waals surface area contributed by atoms with Crippen molar-refractivity contribution in [3.63, 3.8) is 0 Å². The Morgan fingerprint density at radius 3 is 2.03 bits per heavy atom. The Morgan fingerprint density at radius 2 is 1.40 bits per heavy atom. The van der Waals surface area contributed by atoms with Crippen molar-refractivity contribution in [2.45, 2.75) is 9.79 Å². The first-order valence-corrected chi connectivity index (χ1v) is 11.7. The fourth-order valence-corrected chi connectivity index (χ4v) is 5.43. The summed E-state index contributed by atoms with van der Waals surface area (Å²) in [7, 11) is 0.207. The Bertz CT molecular complexity index is 1450. The van der Waals surface area contributed by atoms with Gasteiger partial charge in [-0.05, 0) is 42.5 Å². The maximum Gasteiger partial charge on any atom is 0.338 e. The standard InChI is InChI=1S/C25H20O9S/c1-31-19-10-15(11-20(32-2)24(19)33-3)18(26)13-34-25(28)14-8-9-17-22(12-14)35(29,30)21-7-5-4-6-16(21)23(17)27/h4-12H,13H2,1-3H3. The van der Waals surface area contributed by atoms with E-state index >= 15 is 0 Å². The van der Waals surface area contributed by atoms with E-state index in [1.807, 2.05) is 0 Å². The molecule has 0 amide bonds. The quantitative estimate of drug-likeness (QED) is 0.280. The van der Waals surface area contributed by atoms with Crippen LogP contribution < -0.4 is 14.2 Å². The van der Waals surface area contributed by atoms with Gasteiger partial charge in [0.25, 0.3) is 0 Å². The lowest BCUT2D eigenvalue weighted by molar-refractivity contribution is 0.0474. The molecule has 1 heterocycles. The Labute approximate surface area is 201 Å². The zero-order valence-corrected chi connectivity index (χ0v) is 19.8. The summed E-state index contributed by atoms with van der Waals surface area (Å²) >= 11 is 0. The van der Waals surface area contributed by atoms with Crippen molar-refractivity contribution in [2.24, 2.45) is 0 Å². The molecule has 0 spiro atoms. The van der Waals surface area contributed by atoms with Crippen molar-refractivity contribution >= 4 is 27.4 Å². The zero-order valence-electron chi connectivity index (χ0n) is 19.0. The van der Waals surface area contributed by atoms with E-state index in [0.717, 1.165) is 6.07 Å². The van der Waals surface area contributed by atoms with Crippen molar-refractivity contribution in [1.29, 1.82) is 0 Å². The van der Waals surface area contributed by atoms with E-state index in [0.29, 0.717) is 5.75 Å². The molecule has 0 saturated carbocycles. The molecule has 0 aliphatic carbocycles. The van der Waals surface area contributed by atoms with Crippen LogP contribution in [0.4, 0.5) is 0 Å². The number of esters is 1. The fourth-order valence-electron chi connectivity index (χ4n) is 3.75. The van der Waals surface area contributed by atoms with Gasteiger partial charge in [-0.1, -0.05) is 12.1 Å². The van der Waals surface area contributed by atoms with Crippen LogP contribution in [0.1, 0.15) is 36.6 Å². The lowest BCUT2D eigenvalue weighted by atomic mass is 10.0. The maximum atomic E-state index is 13.0. The second-order valence-corrected chi connectivity index (χ2v) is 9.34. The van der Waals surface area contributed by atoms with Crippen LogP contribution in [-0.2, 0) is 14.6 Å². The Kier molecular flexibility index (Phi) is 6.31. The van der Waals surface area contributed by atoms with Gasteiger partial charge in [-0.3, -0.25) is 9.59 Å². The highest BCUT2D eigenvalue weighted by atomic mass is 32.2. The Balaban J connectivity index is 1.57. The van der Waals surface area contributed by atoms with Crippen molar-refractivity contribution < 1.29 is 41.7 Å². The fraction of sp³-hybridized carbons (Fsp3) is 0.160. The molecule has 1 aliphatic heterocycles. The Hall–Kier alpha value is -4.18. The molecule has 0 radical (unpaired) electrons. The second-order valence-electron chi connectivity index (χ2n) is 7.45. The summed E-state index contributed by atoms with van der Waals surface area (Å²) in [6, 6.07) is 12.4. The molecule has 1 aliphatic rings. The summed E-state index contributed by atoms with van der Waals surface area (Å²) in [5, 5.41) is 0. The van der Waals surface area contributed by atoms with Crippen LogP contribution in [0.25, 0.3) is 0 Å². The number of hydrogen-bond acceptors (Lipinski definition) is 9. The summed E-state index contributed by atoms with van der Waals surface area (Å²) < 4.78 is 46.9. The van der Waals surface area contributed by atoms with Crippen LogP contribution in [0.3, 0.4) is 0 Å². The third kappa shape index (κ3) is 4.12. The van der Waals surface area contributed by atoms with Gasteiger partial charge < -0.3 is 18.9 Å². The van der Waals surface area contributed by atoms with E-state index in [-0.39, 0.29) is 43.5 Å². The molecular weight excluding hydrogens is 476 g/mol. The van der Waals surface area contributed by atoms with Crippen LogP contribution in [0, 0.1) is 0 Å². The van der Waals surface area contributed by atoms with Crippen molar-refractivity contribution in [2.75, 3.05) is 27.9 Å². The number of methoxy groups -OCH3 is 3. The van der Waals surface area contributed by atoms with E-state index in [4.69, 9.17) is 18.9 Å². The van der Waals surface area contributed by atoms with Crippen LogP contribution in [0.2, 0.25) is 0 Å². The van der Waals surface area contributed by atoms with Crippen LogP contribution in [0.5, 0.6) is 17.2 Å². The minimum Gasteiger partial charge on any atom is -0.493 e. The molecule has 4 rings (SSSR count). The molecule has 0 saturated heterocycles. The lowest BCUT2D eigenvalue weighted by Crippen LogP contribution is -2.21. The summed E-state index contributed by atoms with van der Waals surface area (Å²) in [6.07, 6.45) is 0. The molecule has 10 heteroatoms. The molecule has 35 heavy (non-hydrogen) atoms. The molecule has 3 aromatic rings. The number of ketones is 2. The predicted molar refractivity (Wildman–Crippen MR) is 122 cm³/mol. The van der Waals surface area contributed by atoms with Crippen molar-refractivity contribution in [3.8, 4) is 17.2 Å². The van der Waals surface area contributed by atoms with Gasteiger partial charge in [-0.15, -0.1) is 0 Å².